The highest BCUT2D eigenvalue weighted by molar-refractivity contribution is 6.09. The summed E-state index contributed by atoms with van der Waals surface area (Å²) in [6.07, 6.45) is 0. The lowest BCUT2D eigenvalue weighted by molar-refractivity contribution is 0.0847. The molecule has 0 heterocycles. The van der Waals surface area contributed by atoms with Gasteiger partial charge in [-0.1, -0.05) is 18.2 Å². The quantitative estimate of drug-likeness (QED) is 0.520. The number of carbonyl (C=O) groups is 3. The van der Waals surface area contributed by atoms with Crippen molar-refractivity contribution in [1.82, 2.24) is 10.9 Å². The first kappa shape index (κ1) is 22.4. The molecule has 0 unspecified atom stereocenters. The summed E-state index contributed by atoms with van der Waals surface area (Å²) in [5.74, 6) is -0.764. The number of rotatable bonds is 6. The van der Waals surface area contributed by atoms with E-state index >= 15 is 0 Å². The van der Waals surface area contributed by atoms with Gasteiger partial charge in [0, 0.05) is 30.9 Å². The molecule has 8 heteroatoms. The smallest absolute Gasteiger partial charge is 0.271 e. The molecule has 0 bridgehead atoms. The standard InChI is InChI=1S/C24H24N4O4/c1-28(2)18-8-6-7-17(15-18)23(30)26-27-24(31)20-9-4-5-10-21(20)25-22(29)16-11-13-19(32-3)14-12-16/h4-15H,1-3H3,(H,25,29)(H,26,30)(H,27,31). The lowest BCUT2D eigenvalue weighted by Gasteiger charge is -2.14. The molecule has 0 spiro atoms. The van der Waals surface area contributed by atoms with E-state index in [1.165, 1.54) is 0 Å². The summed E-state index contributed by atoms with van der Waals surface area (Å²) < 4.78 is 5.09. The topological polar surface area (TPSA) is 99.8 Å². The summed E-state index contributed by atoms with van der Waals surface area (Å²) in [5, 5.41) is 2.73. The Hall–Kier alpha value is -4.33. The Morgan fingerprint density at radius 3 is 2.12 bits per heavy atom. The van der Waals surface area contributed by atoms with Gasteiger partial charge in [0.1, 0.15) is 5.75 Å². The molecular formula is C24H24N4O4. The highest BCUT2D eigenvalue weighted by Crippen LogP contribution is 2.18. The van der Waals surface area contributed by atoms with Gasteiger partial charge in [-0.25, -0.2) is 0 Å². The summed E-state index contributed by atoms with van der Waals surface area (Å²) in [6.45, 7) is 0. The number of nitrogens with zero attached hydrogens (tertiary/aromatic N) is 1. The van der Waals surface area contributed by atoms with Crippen LogP contribution in [-0.2, 0) is 0 Å². The number of amides is 3. The number of hydrogen-bond acceptors (Lipinski definition) is 5. The number of carbonyl (C=O) groups excluding carboxylic acids is 3. The number of anilines is 2. The van der Waals surface area contributed by atoms with E-state index in [2.05, 4.69) is 16.2 Å². The van der Waals surface area contributed by atoms with Crippen LogP contribution in [0.25, 0.3) is 0 Å². The van der Waals surface area contributed by atoms with Crippen LogP contribution in [0, 0.1) is 0 Å². The summed E-state index contributed by atoms with van der Waals surface area (Å²) in [4.78, 5) is 39.5. The SMILES string of the molecule is COc1ccc(C(=O)Nc2ccccc2C(=O)NNC(=O)c2cccc(N(C)C)c2)cc1. The van der Waals surface area contributed by atoms with Crippen LogP contribution >= 0.6 is 0 Å². The molecule has 32 heavy (non-hydrogen) atoms. The maximum Gasteiger partial charge on any atom is 0.271 e. The minimum Gasteiger partial charge on any atom is -0.497 e. The predicted octanol–water partition coefficient (Wildman–Crippen LogP) is 3.09. The van der Waals surface area contributed by atoms with Gasteiger partial charge in [0.2, 0.25) is 0 Å². The number of hydrazine groups is 1. The highest BCUT2D eigenvalue weighted by Gasteiger charge is 2.15. The van der Waals surface area contributed by atoms with E-state index in [9.17, 15) is 14.4 Å². The maximum absolute atomic E-state index is 12.7. The Morgan fingerprint density at radius 1 is 0.750 bits per heavy atom. The van der Waals surface area contributed by atoms with E-state index in [0.717, 1.165) is 5.69 Å². The number of nitrogens with one attached hydrogen (secondary N) is 3. The molecule has 0 aliphatic carbocycles. The predicted molar refractivity (Wildman–Crippen MR) is 123 cm³/mol. The second-order valence-corrected chi connectivity index (χ2v) is 7.08. The third-order valence-corrected chi connectivity index (χ3v) is 4.69. The first-order chi connectivity index (χ1) is 15.4. The van der Waals surface area contributed by atoms with Crippen molar-refractivity contribution in [2.45, 2.75) is 0 Å². The molecule has 164 valence electrons. The van der Waals surface area contributed by atoms with Gasteiger partial charge in [0.15, 0.2) is 0 Å². The first-order valence-corrected chi connectivity index (χ1v) is 9.81. The van der Waals surface area contributed by atoms with Gasteiger partial charge in [0.05, 0.1) is 18.4 Å². The van der Waals surface area contributed by atoms with E-state index in [4.69, 9.17) is 4.74 Å². The fourth-order valence-electron chi connectivity index (χ4n) is 2.91. The zero-order chi connectivity index (χ0) is 23.1. The third-order valence-electron chi connectivity index (χ3n) is 4.69. The molecule has 3 aromatic carbocycles. The molecule has 0 atom stereocenters. The van der Waals surface area contributed by atoms with Crippen molar-refractivity contribution in [2.75, 3.05) is 31.4 Å². The molecule has 0 saturated carbocycles. The average molecular weight is 432 g/mol. The molecule has 3 rings (SSSR count). The van der Waals surface area contributed by atoms with Gasteiger partial charge >= 0.3 is 0 Å². The van der Waals surface area contributed by atoms with E-state index in [-0.39, 0.29) is 11.5 Å². The zero-order valence-corrected chi connectivity index (χ0v) is 18.0. The molecule has 0 aliphatic rings. The average Bonchev–Trinajstić information content (AvgIpc) is 2.82. The van der Waals surface area contributed by atoms with Crippen LogP contribution in [0.4, 0.5) is 11.4 Å². The fourth-order valence-corrected chi connectivity index (χ4v) is 2.91. The molecule has 0 saturated heterocycles. The molecule has 0 radical (unpaired) electrons. The van der Waals surface area contributed by atoms with Gasteiger partial charge in [-0.15, -0.1) is 0 Å². The van der Waals surface area contributed by atoms with Crippen molar-refractivity contribution < 1.29 is 19.1 Å². The normalized spacial score (nSPS) is 10.1. The molecule has 0 aromatic heterocycles. The molecule has 3 aromatic rings. The lowest BCUT2D eigenvalue weighted by atomic mass is 10.1. The van der Waals surface area contributed by atoms with Gasteiger partial charge in [0.25, 0.3) is 17.7 Å². The van der Waals surface area contributed by atoms with Crippen molar-refractivity contribution >= 4 is 29.1 Å². The number of ether oxygens (including phenoxy) is 1. The number of methoxy groups -OCH3 is 1. The Bertz CT molecular complexity index is 1130. The van der Waals surface area contributed by atoms with Crippen molar-refractivity contribution in [3.63, 3.8) is 0 Å². The van der Waals surface area contributed by atoms with Crippen LogP contribution in [0.3, 0.4) is 0 Å². The highest BCUT2D eigenvalue weighted by atomic mass is 16.5. The largest absolute Gasteiger partial charge is 0.497 e. The molecule has 0 fully saturated rings. The minimum atomic E-state index is -0.562. The maximum atomic E-state index is 12.7. The summed E-state index contributed by atoms with van der Waals surface area (Å²) in [6, 6.07) is 20.1. The number of para-hydroxylation sites is 1. The Kier molecular flexibility index (Phi) is 7.07. The van der Waals surface area contributed by atoms with Crippen molar-refractivity contribution in [3.05, 3.63) is 89.5 Å². The zero-order valence-electron chi connectivity index (χ0n) is 18.0. The van der Waals surface area contributed by atoms with Crippen LogP contribution < -0.4 is 25.8 Å². The summed E-state index contributed by atoms with van der Waals surface area (Å²) >= 11 is 0. The second-order valence-electron chi connectivity index (χ2n) is 7.08. The lowest BCUT2D eigenvalue weighted by Crippen LogP contribution is -2.42. The number of hydrogen-bond donors (Lipinski definition) is 3. The van der Waals surface area contributed by atoms with E-state index in [0.29, 0.717) is 22.6 Å². The van der Waals surface area contributed by atoms with Crippen molar-refractivity contribution in [2.24, 2.45) is 0 Å². The Labute approximate surface area is 186 Å². The van der Waals surface area contributed by atoms with E-state index in [1.807, 2.05) is 25.1 Å². The van der Waals surface area contributed by atoms with Crippen LogP contribution in [0.15, 0.2) is 72.8 Å². The van der Waals surface area contributed by atoms with Gasteiger partial charge in [-0.3, -0.25) is 25.2 Å². The third kappa shape index (κ3) is 5.42. The Morgan fingerprint density at radius 2 is 1.44 bits per heavy atom. The monoisotopic (exact) mass is 432 g/mol. The number of benzene rings is 3. The van der Waals surface area contributed by atoms with Crippen LogP contribution in [-0.4, -0.2) is 38.9 Å². The van der Waals surface area contributed by atoms with E-state index in [1.54, 1.807) is 73.8 Å². The van der Waals surface area contributed by atoms with E-state index < -0.39 is 11.8 Å². The molecule has 0 aliphatic heterocycles. The first-order valence-electron chi connectivity index (χ1n) is 9.81. The van der Waals surface area contributed by atoms with Crippen LogP contribution in [0.5, 0.6) is 5.75 Å². The van der Waals surface area contributed by atoms with Crippen LogP contribution in [0.1, 0.15) is 31.1 Å². The Balaban J connectivity index is 1.68. The summed E-state index contributed by atoms with van der Waals surface area (Å²) in [7, 11) is 5.29. The molecule has 3 N–H and O–H groups in total. The van der Waals surface area contributed by atoms with Gasteiger partial charge < -0.3 is 15.0 Å². The second kappa shape index (κ2) is 10.1. The van der Waals surface area contributed by atoms with Crippen molar-refractivity contribution in [3.8, 4) is 5.75 Å². The van der Waals surface area contributed by atoms with Gasteiger partial charge in [-0.05, 0) is 54.6 Å². The van der Waals surface area contributed by atoms with Gasteiger partial charge in [-0.2, -0.15) is 0 Å². The molecule has 3 amide bonds. The van der Waals surface area contributed by atoms with Crippen LogP contribution in [0.2, 0.25) is 0 Å². The minimum absolute atomic E-state index is 0.205. The molecule has 8 nitrogen and oxygen atoms in total. The molecular weight excluding hydrogens is 408 g/mol. The summed E-state index contributed by atoms with van der Waals surface area (Å²) in [5.41, 5.74) is 6.99. The van der Waals surface area contributed by atoms with Crippen molar-refractivity contribution in [1.29, 1.82) is 0 Å². The fraction of sp³-hybridized carbons (Fsp3) is 0.125.